The quantitative estimate of drug-likeness (QED) is 0.648. The molecule has 6 heteroatoms. The molecule has 2 aromatic carbocycles. The van der Waals surface area contributed by atoms with E-state index in [0.717, 1.165) is 47.0 Å². The molecule has 0 amide bonds. The van der Waals surface area contributed by atoms with Gasteiger partial charge in [-0.25, -0.2) is 0 Å². The van der Waals surface area contributed by atoms with Crippen molar-refractivity contribution in [2.24, 2.45) is 0 Å². The van der Waals surface area contributed by atoms with Crippen LogP contribution in [-0.2, 0) is 18.4 Å². The largest absolute Gasteiger partial charge is 0.493 e. The first-order valence-corrected chi connectivity index (χ1v) is 10.6. The van der Waals surface area contributed by atoms with E-state index < -0.39 is 0 Å². The molecule has 29 heavy (non-hydrogen) atoms. The lowest BCUT2D eigenvalue weighted by atomic mass is 9.72. The highest BCUT2D eigenvalue weighted by molar-refractivity contribution is 9.10. The summed E-state index contributed by atoms with van der Waals surface area (Å²) in [6.45, 7) is 6.36. The molecule has 2 aliphatic rings. The summed E-state index contributed by atoms with van der Waals surface area (Å²) in [5.41, 5.74) is 5.12. The fraction of sp³-hybridized carbons (Fsp3) is 0.478. The van der Waals surface area contributed by atoms with E-state index in [2.05, 4.69) is 46.8 Å². The van der Waals surface area contributed by atoms with Crippen LogP contribution in [0.25, 0.3) is 0 Å². The van der Waals surface area contributed by atoms with E-state index in [-0.39, 0.29) is 11.5 Å². The highest BCUT2D eigenvalue weighted by Gasteiger charge is 2.42. The smallest absolute Gasteiger partial charge is 0.165 e. The van der Waals surface area contributed by atoms with Gasteiger partial charge in [0.15, 0.2) is 23.0 Å². The Kier molecular flexibility index (Phi) is 5.20. The van der Waals surface area contributed by atoms with Crippen molar-refractivity contribution in [3.8, 4) is 23.0 Å². The predicted octanol–water partition coefficient (Wildman–Crippen LogP) is 4.87. The number of rotatable bonds is 4. The van der Waals surface area contributed by atoms with Gasteiger partial charge in [-0.05, 0) is 41.3 Å². The number of hydrogen-bond acceptors (Lipinski definition) is 5. The van der Waals surface area contributed by atoms with E-state index in [1.807, 2.05) is 6.07 Å². The normalized spacial score (nSPS) is 19.6. The van der Waals surface area contributed by atoms with Crippen LogP contribution in [0.2, 0.25) is 0 Å². The molecule has 5 nitrogen and oxygen atoms in total. The first kappa shape index (κ1) is 20.4. The van der Waals surface area contributed by atoms with E-state index in [4.69, 9.17) is 18.9 Å². The van der Waals surface area contributed by atoms with Gasteiger partial charge in [0.05, 0.1) is 28.4 Å². The number of hydrogen-bond donors (Lipinski definition) is 0. The van der Waals surface area contributed by atoms with Crippen molar-refractivity contribution >= 4 is 15.9 Å². The van der Waals surface area contributed by atoms with Crippen LogP contribution in [0.4, 0.5) is 0 Å². The molecule has 0 aliphatic carbocycles. The highest BCUT2D eigenvalue weighted by atomic mass is 79.9. The molecule has 0 saturated carbocycles. The molecule has 2 heterocycles. The van der Waals surface area contributed by atoms with Gasteiger partial charge in [-0.15, -0.1) is 0 Å². The van der Waals surface area contributed by atoms with Gasteiger partial charge in [0.2, 0.25) is 0 Å². The van der Waals surface area contributed by atoms with Crippen molar-refractivity contribution in [1.82, 2.24) is 4.90 Å². The third kappa shape index (κ3) is 3.17. The van der Waals surface area contributed by atoms with Crippen molar-refractivity contribution in [3.05, 3.63) is 44.9 Å². The molecule has 0 fully saturated rings. The number of ether oxygens (including phenoxy) is 4. The summed E-state index contributed by atoms with van der Waals surface area (Å²) in [4.78, 5) is 2.55. The molecule has 1 unspecified atom stereocenters. The molecule has 0 spiro atoms. The number of fused-ring (bicyclic) bond motifs is 4. The van der Waals surface area contributed by atoms with E-state index in [9.17, 15) is 0 Å². The second-order valence-electron chi connectivity index (χ2n) is 8.35. The minimum absolute atomic E-state index is 0.00772. The Labute approximate surface area is 181 Å². The lowest BCUT2D eigenvalue weighted by Gasteiger charge is -2.48. The Bertz CT molecular complexity index is 957. The summed E-state index contributed by atoms with van der Waals surface area (Å²) in [6.07, 6.45) is 0.898. The zero-order valence-electron chi connectivity index (χ0n) is 17.9. The average Bonchev–Trinajstić information content (AvgIpc) is 2.71. The van der Waals surface area contributed by atoms with Crippen molar-refractivity contribution in [2.45, 2.75) is 38.3 Å². The molecule has 0 aromatic heterocycles. The fourth-order valence-corrected chi connectivity index (χ4v) is 5.53. The van der Waals surface area contributed by atoms with Gasteiger partial charge in [0, 0.05) is 34.6 Å². The predicted molar refractivity (Wildman–Crippen MR) is 117 cm³/mol. The van der Waals surface area contributed by atoms with Gasteiger partial charge in [0.1, 0.15) is 0 Å². The Hall–Kier alpha value is -1.92. The Balaban J connectivity index is 1.88. The Morgan fingerprint density at radius 1 is 0.897 bits per heavy atom. The zero-order valence-corrected chi connectivity index (χ0v) is 19.5. The summed E-state index contributed by atoms with van der Waals surface area (Å²) >= 11 is 3.77. The van der Waals surface area contributed by atoms with Gasteiger partial charge < -0.3 is 18.9 Å². The molecular weight excluding hydrogens is 434 g/mol. The van der Waals surface area contributed by atoms with Crippen LogP contribution in [0, 0.1) is 0 Å². The van der Waals surface area contributed by atoms with Crippen LogP contribution in [0.5, 0.6) is 23.0 Å². The molecule has 1 atom stereocenters. The van der Waals surface area contributed by atoms with E-state index in [1.54, 1.807) is 28.4 Å². The summed E-state index contributed by atoms with van der Waals surface area (Å²) < 4.78 is 23.6. The third-order valence-electron chi connectivity index (χ3n) is 6.27. The average molecular weight is 462 g/mol. The molecule has 156 valence electrons. The standard InChI is InChI=1S/C23H28BrNO4/c1-23(2)12-25-11-15-13(17(24)10-21(28-5)22(15)29-6)7-18(25)14-8-19(26-3)20(27-4)9-16(14)23/h8-10,18H,7,11-12H2,1-6H3. The van der Waals surface area contributed by atoms with Crippen molar-refractivity contribution in [2.75, 3.05) is 35.0 Å². The molecular formula is C23H28BrNO4. The number of nitrogens with zero attached hydrogens (tertiary/aromatic N) is 1. The minimum atomic E-state index is -0.00772. The van der Waals surface area contributed by atoms with E-state index in [0.29, 0.717) is 0 Å². The first-order valence-electron chi connectivity index (χ1n) is 9.77. The number of halogens is 1. The Morgan fingerprint density at radius 2 is 1.55 bits per heavy atom. The van der Waals surface area contributed by atoms with Crippen LogP contribution < -0.4 is 18.9 Å². The Morgan fingerprint density at radius 3 is 2.17 bits per heavy atom. The SMILES string of the molecule is COc1cc2c(cc1OC)C(C)(C)CN1Cc3c(c(Br)cc(OC)c3OC)CC21. The van der Waals surface area contributed by atoms with E-state index in [1.165, 1.54) is 22.3 Å². The van der Waals surface area contributed by atoms with Crippen LogP contribution >= 0.6 is 15.9 Å². The van der Waals surface area contributed by atoms with Gasteiger partial charge in [-0.2, -0.15) is 0 Å². The summed E-state index contributed by atoms with van der Waals surface area (Å²) in [7, 11) is 6.78. The van der Waals surface area contributed by atoms with Crippen molar-refractivity contribution in [3.63, 3.8) is 0 Å². The maximum atomic E-state index is 5.75. The van der Waals surface area contributed by atoms with Crippen LogP contribution in [0.1, 0.15) is 42.1 Å². The first-order chi connectivity index (χ1) is 13.8. The highest BCUT2D eigenvalue weighted by Crippen LogP contribution is 2.51. The second-order valence-corrected chi connectivity index (χ2v) is 9.21. The summed E-state index contributed by atoms with van der Waals surface area (Å²) in [6, 6.07) is 6.60. The summed E-state index contributed by atoms with van der Waals surface area (Å²) in [5, 5.41) is 0. The van der Waals surface area contributed by atoms with Crippen LogP contribution in [0.3, 0.4) is 0 Å². The molecule has 0 radical (unpaired) electrons. The van der Waals surface area contributed by atoms with Crippen LogP contribution in [0.15, 0.2) is 22.7 Å². The fourth-order valence-electron chi connectivity index (χ4n) is 4.92. The minimum Gasteiger partial charge on any atom is -0.493 e. The third-order valence-corrected chi connectivity index (χ3v) is 6.98. The van der Waals surface area contributed by atoms with Crippen molar-refractivity contribution < 1.29 is 18.9 Å². The molecule has 0 saturated heterocycles. The number of benzene rings is 2. The molecule has 4 rings (SSSR count). The molecule has 0 N–H and O–H groups in total. The second kappa shape index (κ2) is 7.40. The zero-order chi connectivity index (χ0) is 20.9. The van der Waals surface area contributed by atoms with E-state index >= 15 is 0 Å². The topological polar surface area (TPSA) is 40.2 Å². The van der Waals surface area contributed by atoms with Gasteiger partial charge in [0.25, 0.3) is 0 Å². The number of methoxy groups -OCH3 is 4. The van der Waals surface area contributed by atoms with Crippen molar-refractivity contribution in [1.29, 1.82) is 0 Å². The maximum Gasteiger partial charge on any atom is 0.165 e. The van der Waals surface area contributed by atoms with Gasteiger partial charge in [-0.1, -0.05) is 29.8 Å². The molecule has 0 bridgehead atoms. The lowest BCUT2D eigenvalue weighted by Crippen LogP contribution is -2.47. The van der Waals surface area contributed by atoms with Gasteiger partial charge in [-0.3, -0.25) is 4.90 Å². The molecule has 2 aliphatic heterocycles. The van der Waals surface area contributed by atoms with Gasteiger partial charge >= 0.3 is 0 Å². The lowest BCUT2D eigenvalue weighted by molar-refractivity contribution is 0.116. The van der Waals surface area contributed by atoms with Crippen LogP contribution in [-0.4, -0.2) is 39.9 Å². The molecule has 2 aromatic rings. The monoisotopic (exact) mass is 461 g/mol. The maximum absolute atomic E-state index is 5.75. The summed E-state index contributed by atoms with van der Waals surface area (Å²) in [5.74, 6) is 3.16.